The number of benzene rings is 1. The molecule has 7 heteroatoms. The molecule has 0 saturated carbocycles. The van der Waals surface area contributed by atoms with E-state index >= 15 is 0 Å². The number of nitrogens with one attached hydrogen (secondary N) is 2. The Morgan fingerprint density at radius 3 is 2.10 bits per heavy atom. The molecule has 31 heavy (non-hydrogen) atoms. The van der Waals surface area contributed by atoms with E-state index in [0.717, 1.165) is 22.4 Å². The summed E-state index contributed by atoms with van der Waals surface area (Å²) >= 11 is 0. The summed E-state index contributed by atoms with van der Waals surface area (Å²) in [6.45, 7) is 17.7. The lowest BCUT2D eigenvalue weighted by molar-refractivity contribution is -0.145. The van der Waals surface area contributed by atoms with Gasteiger partial charge in [-0.05, 0) is 45.7 Å². The zero-order chi connectivity index (χ0) is 23.6. The van der Waals surface area contributed by atoms with E-state index in [2.05, 4.69) is 15.5 Å². The van der Waals surface area contributed by atoms with Gasteiger partial charge in [-0.25, -0.2) is 0 Å². The maximum absolute atomic E-state index is 12.6. The van der Waals surface area contributed by atoms with Gasteiger partial charge in [-0.3, -0.25) is 19.3 Å². The van der Waals surface area contributed by atoms with Gasteiger partial charge in [0.1, 0.15) is 0 Å². The van der Waals surface area contributed by atoms with Crippen LogP contribution >= 0.6 is 0 Å². The maximum Gasteiger partial charge on any atom is 0.243 e. The highest BCUT2D eigenvalue weighted by molar-refractivity contribution is 5.96. The molecular weight excluding hydrogens is 392 g/mol. The van der Waals surface area contributed by atoms with E-state index in [1.54, 1.807) is 0 Å². The van der Waals surface area contributed by atoms with Gasteiger partial charge in [0.15, 0.2) is 0 Å². The Morgan fingerprint density at radius 2 is 1.58 bits per heavy atom. The van der Waals surface area contributed by atoms with Crippen molar-refractivity contribution < 1.29 is 14.4 Å². The van der Waals surface area contributed by atoms with Crippen molar-refractivity contribution in [1.82, 2.24) is 15.1 Å². The number of carbonyl (C=O) groups excluding carboxylic acids is 3. The van der Waals surface area contributed by atoms with Crippen molar-refractivity contribution in [3.63, 3.8) is 0 Å². The lowest BCUT2D eigenvalue weighted by atomic mass is 9.91. The lowest BCUT2D eigenvalue weighted by Crippen LogP contribution is -2.63. The SMILES string of the molecule is Cc1cc(C)c(NC(=O)CNC(=O)CN2CCN(C(=O)C(C)(C)C)CC2(C)C)c(C)c1. The van der Waals surface area contributed by atoms with Crippen LogP contribution in [0, 0.1) is 26.2 Å². The molecule has 1 fully saturated rings. The van der Waals surface area contributed by atoms with Crippen molar-refractivity contribution in [1.29, 1.82) is 0 Å². The molecular formula is C24H38N4O3. The average molecular weight is 431 g/mol. The van der Waals surface area contributed by atoms with Gasteiger partial charge in [0, 0.05) is 36.3 Å². The fourth-order valence-electron chi connectivity index (χ4n) is 4.10. The van der Waals surface area contributed by atoms with Gasteiger partial charge >= 0.3 is 0 Å². The number of carbonyl (C=O) groups is 3. The van der Waals surface area contributed by atoms with Crippen LogP contribution in [0.25, 0.3) is 0 Å². The third kappa shape index (κ3) is 6.53. The number of amides is 3. The Bertz CT molecular complexity index is 832. The summed E-state index contributed by atoms with van der Waals surface area (Å²) in [4.78, 5) is 41.4. The van der Waals surface area contributed by atoms with Crippen LogP contribution in [0.4, 0.5) is 5.69 Å². The zero-order valence-corrected chi connectivity index (χ0v) is 20.3. The molecule has 3 amide bonds. The van der Waals surface area contributed by atoms with E-state index in [4.69, 9.17) is 0 Å². The van der Waals surface area contributed by atoms with Gasteiger partial charge in [0.25, 0.3) is 0 Å². The van der Waals surface area contributed by atoms with E-state index < -0.39 is 5.41 Å². The van der Waals surface area contributed by atoms with Crippen LogP contribution in [-0.4, -0.2) is 65.8 Å². The number of nitrogens with zero attached hydrogens (tertiary/aromatic N) is 2. The zero-order valence-electron chi connectivity index (χ0n) is 20.3. The third-order valence-electron chi connectivity index (χ3n) is 5.72. The molecule has 0 unspecified atom stereocenters. The summed E-state index contributed by atoms with van der Waals surface area (Å²) in [5.74, 6) is -0.317. The van der Waals surface area contributed by atoms with Crippen molar-refractivity contribution >= 4 is 23.4 Å². The number of piperazine rings is 1. The van der Waals surface area contributed by atoms with E-state index in [-0.39, 0.29) is 36.3 Å². The third-order valence-corrected chi connectivity index (χ3v) is 5.72. The van der Waals surface area contributed by atoms with Crippen LogP contribution in [0.2, 0.25) is 0 Å². The first kappa shape index (κ1) is 24.9. The van der Waals surface area contributed by atoms with Crippen LogP contribution < -0.4 is 10.6 Å². The van der Waals surface area contributed by atoms with Gasteiger partial charge in [-0.2, -0.15) is 0 Å². The second-order valence-corrected chi connectivity index (χ2v) is 10.3. The second-order valence-electron chi connectivity index (χ2n) is 10.3. The molecule has 0 aromatic heterocycles. The molecule has 0 bridgehead atoms. The first-order chi connectivity index (χ1) is 14.2. The Kier molecular flexibility index (Phi) is 7.53. The van der Waals surface area contributed by atoms with Gasteiger partial charge < -0.3 is 15.5 Å². The second kappa shape index (κ2) is 9.39. The molecule has 1 aliphatic rings. The molecule has 0 radical (unpaired) electrons. The molecule has 0 aliphatic carbocycles. The number of hydrogen-bond donors (Lipinski definition) is 2. The van der Waals surface area contributed by atoms with E-state index in [1.165, 1.54) is 0 Å². The first-order valence-electron chi connectivity index (χ1n) is 10.9. The minimum atomic E-state index is -0.419. The van der Waals surface area contributed by atoms with E-state index in [1.807, 2.05) is 72.4 Å². The maximum atomic E-state index is 12.6. The fourth-order valence-corrected chi connectivity index (χ4v) is 4.10. The number of rotatable bonds is 5. The Morgan fingerprint density at radius 1 is 1.00 bits per heavy atom. The summed E-state index contributed by atoms with van der Waals surface area (Å²) in [5.41, 5.74) is 3.20. The number of hydrogen-bond acceptors (Lipinski definition) is 4. The van der Waals surface area contributed by atoms with Crippen LogP contribution in [0.3, 0.4) is 0 Å². The highest BCUT2D eigenvalue weighted by Gasteiger charge is 2.39. The molecule has 1 heterocycles. The Hall–Kier alpha value is -2.41. The Labute approximate surface area is 186 Å². The molecule has 0 spiro atoms. The summed E-state index contributed by atoms with van der Waals surface area (Å²) in [5, 5.41) is 5.62. The normalized spacial score (nSPS) is 16.7. The van der Waals surface area contributed by atoms with Crippen molar-refractivity contribution in [2.75, 3.05) is 38.0 Å². The largest absolute Gasteiger partial charge is 0.346 e. The van der Waals surface area contributed by atoms with E-state index in [0.29, 0.717) is 19.6 Å². The van der Waals surface area contributed by atoms with Crippen molar-refractivity contribution in [3.05, 3.63) is 28.8 Å². The fraction of sp³-hybridized carbons (Fsp3) is 0.625. The van der Waals surface area contributed by atoms with Crippen molar-refractivity contribution in [2.45, 2.75) is 60.9 Å². The molecule has 172 valence electrons. The lowest BCUT2D eigenvalue weighted by Gasteiger charge is -2.48. The molecule has 1 aromatic rings. The summed E-state index contributed by atoms with van der Waals surface area (Å²) < 4.78 is 0. The molecule has 7 nitrogen and oxygen atoms in total. The quantitative estimate of drug-likeness (QED) is 0.752. The van der Waals surface area contributed by atoms with E-state index in [9.17, 15) is 14.4 Å². The minimum Gasteiger partial charge on any atom is -0.346 e. The van der Waals surface area contributed by atoms with Gasteiger partial charge in [0.2, 0.25) is 17.7 Å². The molecule has 2 N–H and O–H groups in total. The number of aryl methyl sites for hydroxylation is 3. The molecule has 1 aliphatic heterocycles. The predicted molar refractivity (Wildman–Crippen MR) is 124 cm³/mol. The number of anilines is 1. The highest BCUT2D eigenvalue weighted by atomic mass is 16.2. The minimum absolute atomic E-state index is 0.0749. The monoisotopic (exact) mass is 430 g/mol. The Balaban J connectivity index is 1.87. The molecule has 2 rings (SSSR count). The molecule has 1 saturated heterocycles. The summed E-state index contributed by atoms with van der Waals surface area (Å²) in [6, 6.07) is 4.04. The molecule has 1 aromatic carbocycles. The van der Waals surface area contributed by atoms with Crippen LogP contribution in [0.5, 0.6) is 0 Å². The summed E-state index contributed by atoms with van der Waals surface area (Å²) in [7, 11) is 0. The molecule has 0 atom stereocenters. The van der Waals surface area contributed by atoms with Crippen LogP contribution in [-0.2, 0) is 14.4 Å². The predicted octanol–water partition coefficient (Wildman–Crippen LogP) is 2.64. The van der Waals surface area contributed by atoms with Gasteiger partial charge in [0.05, 0.1) is 13.1 Å². The average Bonchev–Trinajstić information content (AvgIpc) is 2.63. The topological polar surface area (TPSA) is 81.8 Å². The van der Waals surface area contributed by atoms with Crippen LogP contribution in [0.1, 0.15) is 51.3 Å². The van der Waals surface area contributed by atoms with Crippen LogP contribution in [0.15, 0.2) is 12.1 Å². The standard InChI is InChI=1S/C24H38N4O3/c1-16-11-17(2)21(18(3)12-16)26-19(29)13-25-20(30)14-28-10-9-27(15-24(28,7)8)22(31)23(4,5)6/h11-12H,9-10,13-15H2,1-8H3,(H,25,30)(H,26,29). The summed E-state index contributed by atoms with van der Waals surface area (Å²) in [6.07, 6.45) is 0. The van der Waals surface area contributed by atoms with Gasteiger partial charge in [-0.15, -0.1) is 0 Å². The first-order valence-corrected chi connectivity index (χ1v) is 10.9. The van der Waals surface area contributed by atoms with Crippen molar-refractivity contribution in [3.8, 4) is 0 Å². The van der Waals surface area contributed by atoms with Gasteiger partial charge in [-0.1, -0.05) is 38.5 Å². The highest BCUT2D eigenvalue weighted by Crippen LogP contribution is 2.25. The smallest absolute Gasteiger partial charge is 0.243 e. The van der Waals surface area contributed by atoms with Crippen molar-refractivity contribution in [2.24, 2.45) is 5.41 Å².